The molecule has 6 atom stereocenters. The van der Waals surface area contributed by atoms with E-state index in [1.807, 2.05) is 6.08 Å². The van der Waals surface area contributed by atoms with E-state index >= 15 is 4.79 Å². The molecule has 2 saturated heterocycles. The minimum Gasteiger partial charge on any atom is -0.508 e. The van der Waals surface area contributed by atoms with Gasteiger partial charge in [0.15, 0.2) is 0 Å². The summed E-state index contributed by atoms with van der Waals surface area (Å²) in [6.07, 6.45) is 2.01. The van der Waals surface area contributed by atoms with Crippen molar-refractivity contribution in [2.45, 2.75) is 24.2 Å². The Labute approximate surface area is 326 Å². The maximum absolute atomic E-state index is 15.4. The van der Waals surface area contributed by atoms with E-state index in [4.69, 9.17) is 32.7 Å². The molecule has 280 valence electrons. The van der Waals surface area contributed by atoms with Crippen molar-refractivity contribution in [2.75, 3.05) is 24.5 Å². The van der Waals surface area contributed by atoms with Gasteiger partial charge >= 0.3 is 7.12 Å². The van der Waals surface area contributed by atoms with Crippen molar-refractivity contribution in [3.8, 4) is 17.2 Å². The highest BCUT2D eigenvalue weighted by Gasteiger charge is 2.70. The van der Waals surface area contributed by atoms with Crippen molar-refractivity contribution in [2.24, 2.45) is 23.7 Å². The molecule has 4 aliphatic rings. The number of aromatic hydroxyl groups is 1. The van der Waals surface area contributed by atoms with Crippen LogP contribution in [0.4, 0.5) is 11.4 Å². The zero-order valence-corrected chi connectivity index (χ0v) is 31.0. The Hall–Kier alpha value is -5.34. The number of hydrazine groups is 1. The van der Waals surface area contributed by atoms with Crippen LogP contribution in [-0.2, 0) is 24.6 Å². The van der Waals surface area contributed by atoms with Crippen molar-refractivity contribution in [3.63, 3.8) is 0 Å². The van der Waals surface area contributed by atoms with Crippen LogP contribution >= 0.6 is 23.2 Å². The first kappa shape index (κ1) is 36.6. The molecule has 2 aliphatic heterocycles. The molecular weight excluding hydrogens is 748 g/mol. The number of methoxy groups -OCH3 is 2. The number of allylic oxidation sites excluding steroid dienone is 2. The summed E-state index contributed by atoms with van der Waals surface area (Å²) < 4.78 is 10.8. The molecule has 1 saturated carbocycles. The van der Waals surface area contributed by atoms with Gasteiger partial charge in [0, 0.05) is 22.6 Å². The molecule has 0 radical (unpaired) electrons. The van der Waals surface area contributed by atoms with Gasteiger partial charge in [-0.3, -0.25) is 29.5 Å². The van der Waals surface area contributed by atoms with E-state index in [0.717, 1.165) is 9.91 Å². The third-order valence-electron chi connectivity index (χ3n) is 11.6. The fraction of sp³-hybridized carbons (Fsp3) is 0.250. The molecule has 4 amide bonds. The predicted molar refractivity (Wildman–Crippen MR) is 204 cm³/mol. The van der Waals surface area contributed by atoms with E-state index in [9.17, 15) is 29.5 Å². The second-order valence-corrected chi connectivity index (χ2v) is 15.0. The van der Waals surface area contributed by atoms with Crippen molar-refractivity contribution in [3.05, 3.63) is 118 Å². The lowest BCUT2D eigenvalue weighted by Gasteiger charge is -2.50. The van der Waals surface area contributed by atoms with Crippen LogP contribution in [0.15, 0.2) is 96.6 Å². The number of halogens is 2. The van der Waals surface area contributed by atoms with Crippen LogP contribution in [-0.4, -0.2) is 65.1 Å². The number of nitrogens with one attached hydrogen (secondary N) is 1. The van der Waals surface area contributed by atoms with E-state index in [1.54, 1.807) is 54.6 Å². The van der Waals surface area contributed by atoms with Gasteiger partial charge < -0.3 is 24.6 Å². The van der Waals surface area contributed by atoms with Crippen LogP contribution in [0.2, 0.25) is 10.0 Å². The number of benzene rings is 4. The summed E-state index contributed by atoms with van der Waals surface area (Å²) >= 11 is 12.7. The number of phenols is 1. The Balaban J connectivity index is 1.33. The number of hydrogen-bond acceptors (Lipinski definition) is 10. The molecule has 4 aromatic carbocycles. The van der Waals surface area contributed by atoms with Crippen LogP contribution in [0.25, 0.3) is 0 Å². The Morgan fingerprint density at radius 3 is 2.24 bits per heavy atom. The van der Waals surface area contributed by atoms with E-state index in [0.29, 0.717) is 33.2 Å². The first-order valence-electron chi connectivity index (χ1n) is 17.6. The normalized spacial score (nSPS) is 25.6. The Morgan fingerprint density at radius 2 is 1.56 bits per heavy atom. The molecule has 0 spiro atoms. The number of carbonyl (C=O) groups is 4. The molecule has 55 heavy (non-hydrogen) atoms. The number of fused-ring (bicyclic) bond motifs is 4. The Morgan fingerprint density at radius 1 is 0.836 bits per heavy atom. The van der Waals surface area contributed by atoms with Crippen molar-refractivity contribution >= 4 is 70.8 Å². The molecule has 0 bridgehead atoms. The number of hydrogen-bond donors (Lipinski definition) is 4. The SMILES string of the molecule is COc1ccc([C@@]23C(=O)N(Nc4ccc(Cl)cc4Cl)C(=O)[C@@H]2C[C@@H]2C(=CC[C@@H]4C(=O)N(c5cccc(B(O)O)c5)C(=O)[C@@H]42)[C@@H]3c2ccc(OC)cc2O)cc1. The van der Waals surface area contributed by atoms with E-state index in [1.165, 1.54) is 44.6 Å². The number of nitrogens with zero attached hydrogens (tertiary/aromatic N) is 2. The third-order valence-corrected chi connectivity index (χ3v) is 12.1. The van der Waals surface area contributed by atoms with Gasteiger partial charge in [0.1, 0.15) is 17.2 Å². The lowest BCUT2D eigenvalue weighted by molar-refractivity contribution is -0.138. The van der Waals surface area contributed by atoms with Crippen molar-refractivity contribution in [1.29, 1.82) is 0 Å². The van der Waals surface area contributed by atoms with Gasteiger partial charge in [0.05, 0.1) is 53.8 Å². The number of rotatable bonds is 8. The summed E-state index contributed by atoms with van der Waals surface area (Å²) in [5.74, 6) is -6.05. The van der Waals surface area contributed by atoms with Crippen LogP contribution in [0.5, 0.6) is 17.2 Å². The van der Waals surface area contributed by atoms with Gasteiger partial charge in [-0.15, -0.1) is 0 Å². The molecule has 4 N–H and O–H groups in total. The fourth-order valence-electron chi connectivity index (χ4n) is 9.16. The Kier molecular flexibility index (Phi) is 9.16. The summed E-state index contributed by atoms with van der Waals surface area (Å²) in [6.45, 7) is 0. The number of ether oxygens (including phenoxy) is 2. The molecule has 15 heteroatoms. The maximum Gasteiger partial charge on any atom is 0.488 e. The molecule has 4 aromatic rings. The smallest absolute Gasteiger partial charge is 0.488 e. The number of amides is 4. The quantitative estimate of drug-likeness (QED) is 0.113. The highest BCUT2D eigenvalue weighted by Crippen LogP contribution is 2.65. The monoisotopic (exact) mass is 781 g/mol. The minimum absolute atomic E-state index is 0.00576. The van der Waals surface area contributed by atoms with E-state index in [-0.39, 0.29) is 40.5 Å². The van der Waals surface area contributed by atoms with Gasteiger partial charge in [0.2, 0.25) is 11.8 Å². The number of anilines is 2. The maximum atomic E-state index is 15.4. The van der Waals surface area contributed by atoms with E-state index < -0.39 is 65.8 Å². The van der Waals surface area contributed by atoms with Gasteiger partial charge in [0.25, 0.3) is 11.8 Å². The van der Waals surface area contributed by atoms with Gasteiger partial charge in [-0.1, -0.05) is 65.2 Å². The topological polar surface area (TPSA) is 166 Å². The summed E-state index contributed by atoms with van der Waals surface area (Å²) in [4.78, 5) is 60.1. The average Bonchev–Trinajstić information content (AvgIpc) is 3.56. The molecule has 8 rings (SSSR count). The van der Waals surface area contributed by atoms with Crippen LogP contribution in [0.3, 0.4) is 0 Å². The largest absolute Gasteiger partial charge is 0.508 e. The molecule has 3 fully saturated rings. The molecular formula is C40H34BCl2N3O9. The number of imide groups is 2. The molecule has 2 aliphatic carbocycles. The molecule has 0 aromatic heterocycles. The van der Waals surface area contributed by atoms with Crippen molar-refractivity contribution < 1.29 is 43.8 Å². The van der Waals surface area contributed by atoms with Gasteiger partial charge in [-0.25, -0.2) is 0 Å². The second kappa shape index (κ2) is 13.8. The number of phenolic OH excluding ortho intramolecular Hbond substituents is 1. The second-order valence-electron chi connectivity index (χ2n) is 14.1. The highest BCUT2D eigenvalue weighted by atomic mass is 35.5. The fourth-order valence-corrected chi connectivity index (χ4v) is 9.61. The summed E-state index contributed by atoms with van der Waals surface area (Å²) in [5, 5.41) is 32.9. The summed E-state index contributed by atoms with van der Waals surface area (Å²) in [5.41, 5.74) is 3.24. The lowest BCUT2D eigenvalue weighted by atomic mass is 9.49. The Bertz CT molecular complexity index is 2300. The van der Waals surface area contributed by atoms with Crippen LogP contribution in [0.1, 0.15) is 29.9 Å². The summed E-state index contributed by atoms with van der Waals surface area (Å²) in [7, 11) is 1.15. The zero-order chi connectivity index (χ0) is 38.9. The first-order valence-corrected chi connectivity index (χ1v) is 18.3. The van der Waals surface area contributed by atoms with Crippen LogP contribution < -0.4 is 25.3 Å². The van der Waals surface area contributed by atoms with Crippen LogP contribution in [0, 0.1) is 23.7 Å². The zero-order valence-electron chi connectivity index (χ0n) is 29.5. The molecule has 2 heterocycles. The summed E-state index contributed by atoms with van der Waals surface area (Å²) in [6, 6.07) is 22.1. The number of carbonyl (C=O) groups excluding carboxylic acids is 4. The first-order chi connectivity index (χ1) is 26.4. The molecule has 0 unspecified atom stereocenters. The third kappa shape index (κ3) is 5.59. The van der Waals surface area contributed by atoms with Gasteiger partial charge in [-0.2, -0.15) is 5.01 Å². The standard InChI is InChI=1S/C40H34BCl2N3O9/c1-54-24-9-6-20(7-10-24)40-30(37(49)46(39(40)51)44-32-15-8-22(42)17-31(32)43)19-29-26(35(40)27-12-11-25(55-2)18-33(27)47)13-14-28-34(29)38(50)45(36(28)48)23-5-3-4-21(16-23)41(52)53/h3-13,15-18,28-30,34-35,44,47,52-53H,14,19H2,1-2H3/t28-,29+,30-,34-,35+,40+/m0/s1. The van der Waals surface area contributed by atoms with E-state index in [2.05, 4.69) is 5.43 Å². The lowest BCUT2D eigenvalue weighted by Crippen LogP contribution is -2.53. The predicted octanol–water partition coefficient (Wildman–Crippen LogP) is 4.59. The van der Waals surface area contributed by atoms with Crippen molar-refractivity contribution in [1.82, 2.24) is 5.01 Å². The highest BCUT2D eigenvalue weighted by molar-refractivity contribution is 6.58. The minimum atomic E-state index is -1.82. The van der Waals surface area contributed by atoms with Gasteiger partial charge in [-0.05, 0) is 78.3 Å². The molecule has 12 nitrogen and oxygen atoms in total. The average molecular weight is 782 g/mol.